The van der Waals surface area contributed by atoms with Gasteiger partial charge in [0, 0.05) is 30.2 Å². The average Bonchev–Trinajstić information content (AvgIpc) is 2.89. The molecule has 5 heteroatoms. The van der Waals surface area contributed by atoms with Gasteiger partial charge in [0.1, 0.15) is 5.75 Å². The molecule has 0 radical (unpaired) electrons. The highest BCUT2D eigenvalue weighted by Gasteiger charge is 2.09. The molecule has 0 aliphatic carbocycles. The van der Waals surface area contributed by atoms with Gasteiger partial charge >= 0.3 is 0 Å². The Morgan fingerprint density at radius 1 is 1.43 bits per heavy atom. The third-order valence-corrected chi connectivity index (χ3v) is 3.68. The summed E-state index contributed by atoms with van der Waals surface area (Å²) >= 11 is 0. The molecule has 0 aliphatic heterocycles. The number of carbonyl (C=O) groups excluding carboxylic acids is 1. The molecule has 5 nitrogen and oxygen atoms in total. The van der Waals surface area contributed by atoms with Crippen molar-refractivity contribution < 1.29 is 9.53 Å². The van der Waals surface area contributed by atoms with Crippen LogP contribution in [0.3, 0.4) is 0 Å². The third-order valence-electron chi connectivity index (χ3n) is 3.68. The van der Waals surface area contributed by atoms with Gasteiger partial charge in [-0.05, 0) is 37.4 Å². The van der Waals surface area contributed by atoms with Crippen molar-refractivity contribution in [2.24, 2.45) is 0 Å². The van der Waals surface area contributed by atoms with Crippen molar-refractivity contribution in [3.8, 4) is 5.75 Å². The maximum Gasteiger partial charge on any atom is 0.224 e. The summed E-state index contributed by atoms with van der Waals surface area (Å²) in [6, 6.07) is 5.83. The minimum absolute atomic E-state index is 0.0447. The zero-order valence-electron chi connectivity index (χ0n) is 12.9. The zero-order valence-corrected chi connectivity index (χ0v) is 12.9. The van der Waals surface area contributed by atoms with Crippen LogP contribution in [0.1, 0.15) is 12.5 Å². The number of nitrogens with zero attached hydrogens (tertiary/aromatic N) is 1. The minimum Gasteiger partial charge on any atom is -0.497 e. The van der Waals surface area contributed by atoms with E-state index in [4.69, 9.17) is 4.74 Å². The number of aromatic nitrogens is 1. The van der Waals surface area contributed by atoms with Crippen molar-refractivity contribution >= 4 is 16.8 Å². The first kappa shape index (κ1) is 15.4. The Morgan fingerprint density at radius 3 is 2.95 bits per heavy atom. The van der Waals surface area contributed by atoms with Crippen LogP contribution >= 0.6 is 0 Å². The van der Waals surface area contributed by atoms with Crippen LogP contribution in [0.25, 0.3) is 10.9 Å². The quantitative estimate of drug-likeness (QED) is 0.817. The second-order valence-electron chi connectivity index (χ2n) is 5.15. The lowest BCUT2D eigenvalue weighted by Gasteiger charge is -2.13. The van der Waals surface area contributed by atoms with Crippen molar-refractivity contribution in [3.05, 3.63) is 30.0 Å². The first-order valence-electron chi connectivity index (χ1n) is 7.23. The molecule has 1 aromatic carbocycles. The lowest BCUT2D eigenvalue weighted by atomic mass is 10.1. The maximum atomic E-state index is 12.0. The normalized spacial score (nSPS) is 11.0. The largest absolute Gasteiger partial charge is 0.497 e. The molecule has 2 N–H and O–H groups in total. The molecule has 2 aromatic rings. The van der Waals surface area contributed by atoms with Gasteiger partial charge in [-0.15, -0.1) is 0 Å². The van der Waals surface area contributed by atoms with E-state index in [1.54, 1.807) is 7.11 Å². The number of nitrogens with one attached hydrogen (secondary N) is 2. The topological polar surface area (TPSA) is 57.4 Å². The van der Waals surface area contributed by atoms with Crippen LogP contribution in [0.5, 0.6) is 5.75 Å². The number of methoxy groups -OCH3 is 1. The van der Waals surface area contributed by atoms with Gasteiger partial charge in [0.25, 0.3) is 0 Å². The fraction of sp³-hybridized carbons (Fsp3) is 0.438. The van der Waals surface area contributed by atoms with Crippen molar-refractivity contribution in [2.75, 3.05) is 33.8 Å². The lowest BCUT2D eigenvalue weighted by molar-refractivity contribution is -0.120. The second kappa shape index (κ2) is 7.13. The summed E-state index contributed by atoms with van der Waals surface area (Å²) in [5, 5.41) is 3.99. The summed E-state index contributed by atoms with van der Waals surface area (Å²) in [5.41, 5.74) is 2.01. The fourth-order valence-corrected chi connectivity index (χ4v) is 2.21. The molecule has 1 heterocycles. The van der Waals surface area contributed by atoms with Gasteiger partial charge in [0.15, 0.2) is 0 Å². The van der Waals surface area contributed by atoms with E-state index in [9.17, 15) is 4.79 Å². The highest BCUT2D eigenvalue weighted by atomic mass is 16.5. The molecule has 1 amide bonds. The van der Waals surface area contributed by atoms with Crippen LogP contribution in [0.4, 0.5) is 0 Å². The van der Waals surface area contributed by atoms with Crippen LogP contribution in [-0.2, 0) is 11.2 Å². The number of fused-ring (bicyclic) bond motifs is 1. The molecule has 0 unspecified atom stereocenters. The molecule has 114 valence electrons. The number of likely N-dealkylation sites (N-methyl/N-ethyl adjacent to an activating group) is 1. The van der Waals surface area contributed by atoms with Gasteiger partial charge in [0.05, 0.1) is 13.5 Å². The molecule has 0 saturated carbocycles. The molecule has 2 rings (SSSR count). The molecule has 0 fully saturated rings. The number of H-pyrrole nitrogens is 1. The van der Waals surface area contributed by atoms with Crippen LogP contribution in [0, 0.1) is 0 Å². The Balaban J connectivity index is 1.97. The van der Waals surface area contributed by atoms with Crippen molar-refractivity contribution in [1.29, 1.82) is 0 Å². The molecular weight excluding hydrogens is 266 g/mol. The molecule has 21 heavy (non-hydrogen) atoms. The summed E-state index contributed by atoms with van der Waals surface area (Å²) in [6.07, 6.45) is 2.27. The number of amides is 1. The zero-order chi connectivity index (χ0) is 15.2. The third kappa shape index (κ3) is 3.98. The number of benzene rings is 1. The molecule has 0 bridgehead atoms. The van der Waals surface area contributed by atoms with Crippen LogP contribution < -0.4 is 10.1 Å². The SMILES string of the molecule is CCN(C)CCNC(=O)Cc1c[nH]c2ccc(OC)cc12. The summed E-state index contributed by atoms with van der Waals surface area (Å²) in [5.74, 6) is 0.844. The van der Waals surface area contributed by atoms with Crippen LogP contribution in [-0.4, -0.2) is 49.6 Å². The number of ether oxygens (including phenoxy) is 1. The van der Waals surface area contributed by atoms with Crippen LogP contribution in [0.15, 0.2) is 24.4 Å². The first-order chi connectivity index (χ1) is 10.1. The Hall–Kier alpha value is -2.01. The van der Waals surface area contributed by atoms with Gasteiger partial charge in [0.2, 0.25) is 5.91 Å². The second-order valence-corrected chi connectivity index (χ2v) is 5.15. The van der Waals surface area contributed by atoms with Gasteiger partial charge in [-0.25, -0.2) is 0 Å². The van der Waals surface area contributed by atoms with E-state index in [2.05, 4.69) is 22.1 Å². The Morgan fingerprint density at radius 2 is 2.24 bits per heavy atom. The maximum absolute atomic E-state index is 12.0. The highest BCUT2D eigenvalue weighted by molar-refractivity contribution is 5.89. The van der Waals surface area contributed by atoms with Crippen molar-refractivity contribution in [3.63, 3.8) is 0 Å². The Kier molecular flexibility index (Phi) is 5.22. The van der Waals surface area contributed by atoms with Crippen LogP contribution in [0.2, 0.25) is 0 Å². The molecule has 0 spiro atoms. The summed E-state index contributed by atoms with van der Waals surface area (Å²) < 4.78 is 5.24. The summed E-state index contributed by atoms with van der Waals surface area (Å²) in [7, 11) is 3.68. The van der Waals surface area contributed by atoms with E-state index in [1.165, 1.54) is 0 Å². The van der Waals surface area contributed by atoms with E-state index in [0.29, 0.717) is 13.0 Å². The molecule has 0 atom stereocenters. The summed E-state index contributed by atoms with van der Waals surface area (Å²) in [4.78, 5) is 17.4. The fourth-order valence-electron chi connectivity index (χ4n) is 2.21. The Bertz CT molecular complexity index is 607. The standard InChI is InChI=1S/C16H23N3O2/c1-4-19(2)8-7-17-16(20)9-12-11-18-15-6-5-13(21-3)10-14(12)15/h5-6,10-11,18H,4,7-9H2,1-3H3,(H,17,20). The van der Waals surface area contributed by atoms with E-state index in [-0.39, 0.29) is 5.91 Å². The molecule has 0 saturated heterocycles. The first-order valence-corrected chi connectivity index (χ1v) is 7.23. The predicted molar refractivity (Wildman–Crippen MR) is 84.7 cm³/mol. The van der Waals surface area contributed by atoms with Crippen molar-refractivity contribution in [2.45, 2.75) is 13.3 Å². The van der Waals surface area contributed by atoms with Crippen molar-refractivity contribution in [1.82, 2.24) is 15.2 Å². The highest BCUT2D eigenvalue weighted by Crippen LogP contribution is 2.23. The smallest absolute Gasteiger partial charge is 0.224 e. The van der Waals surface area contributed by atoms with E-state index >= 15 is 0 Å². The van der Waals surface area contributed by atoms with Gasteiger partial charge in [-0.2, -0.15) is 0 Å². The lowest BCUT2D eigenvalue weighted by Crippen LogP contribution is -2.33. The van der Waals surface area contributed by atoms with E-state index < -0.39 is 0 Å². The van der Waals surface area contributed by atoms with Gasteiger partial charge < -0.3 is 19.9 Å². The number of aromatic amines is 1. The number of hydrogen-bond donors (Lipinski definition) is 2. The monoisotopic (exact) mass is 289 g/mol. The molecule has 0 aliphatic rings. The summed E-state index contributed by atoms with van der Waals surface area (Å²) in [6.45, 7) is 4.62. The average molecular weight is 289 g/mol. The number of carbonyl (C=O) groups is 1. The minimum atomic E-state index is 0.0447. The van der Waals surface area contributed by atoms with Gasteiger partial charge in [-0.3, -0.25) is 4.79 Å². The number of rotatable bonds is 7. The van der Waals surface area contributed by atoms with Gasteiger partial charge in [-0.1, -0.05) is 6.92 Å². The Labute approximate surface area is 125 Å². The van der Waals surface area contributed by atoms with E-state index in [0.717, 1.165) is 35.3 Å². The predicted octanol–water partition coefficient (Wildman–Crippen LogP) is 1.79. The van der Waals surface area contributed by atoms with E-state index in [1.807, 2.05) is 31.4 Å². The molecule has 1 aromatic heterocycles. The molecular formula is C16H23N3O2. The number of hydrogen-bond acceptors (Lipinski definition) is 3.